The fourth-order valence-electron chi connectivity index (χ4n) is 3.11. The Morgan fingerprint density at radius 1 is 1.03 bits per heavy atom. The van der Waals surface area contributed by atoms with Gasteiger partial charge >= 0.3 is 0 Å². The van der Waals surface area contributed by atoms with Crippen LogP contribution < -0.4 is 5.32 Å². The van der Waals surface area contributed by atoms with Gasteiger partial charge in [0.15, 0.2) is 0 Å². The van der Waals surface area contributed by atoms with Gasteiger partial charge in [-0.05, 0) is 41.0 Å². The molecule has 1 amide bonds. The summed E-state index contributed by atoms with van der Waals surface area (Å²) in [5.74, 6) is 0.871. The van der Waals surface area contributed by atoms with Gasteiger partial charge in [-0.25, -0.2) is 4.98 Å². The smallest absolute Gasteiger partial charge is 0.230 e. The molecule has 1 atom stereocenters. The summed E-state index contributed by atoms with van der Waals surface area (Å²) < 4.78 is 0. The number of H-pyrrole nitrogens is 1. The molecule has 2 N–H and O–H groups in total. The molecule has 0 saturated carbocycles. The molecule has 0 aliphatic heterocycles. The lowest BCUT2D eigenvalue weighted by Crippen LogP contribution is -2.28. The highest BCUT2D eigenvalue weighted by atomic mass is 32.2. The van der Waals surface area contributed by atoms with Crippen LogP contribution >= 0.6 is 11.8 Å². The van der Waals surface area contributed by atoms with E-state index in [-0.39, 0.29) is 17.7 Å². The number of carbonyl (C=O) groups is 1. The molecular weight excluding hydrogens is 392 g/mol. The summed E-state index contributed by atoms with van der Waals surface area (Å²) in [6, 6.07) is 24.4. The van der Waals surface area contributed by atoms with Crippen molar-refractivity contribution in [3.63, 3.8) is 0 Å². The van der Waals surface area contributed by atoms with Gasteiger partial charge in [-0.15, -0.1) is 5.10 Å². The fourth-order valence-corrected chi connectivity index (χ4v) is 3.73. The number of nitrogens with one attached hydrogen (secondary N) is 2. The van der Waals surface area contributed by atoms with Gasteiger partial charge in [0.25, 0.3) is 0 Å². The SMILES string of the molecule is CC(NC(=O)CSc1n[nH]c(/C=C/c2ccccc2)n1)c1ccc2ccccc2c1. The predicted molar refractivity (Wildman–Crippen MR) is 123 cm³/mol. The Labute approximate surface area is 179 Å². The topological polar surface area (TPSA) is 70.7 Å². The van der Waals surface area contributed by atoms with Crippen LogP contribution in [0.4, 0.5) is 0 Å². The van der Waals surface area contributed by atoms with Crippen molar-refractivity contribution in [2.24, 2.45) is 0 Å². The largest absolute Gasteiger partial charge is 0.349 e. The highest BCUT2D eigenvalue weighted by Gasteiger charge is 2.12. The van der Waals surface area contributed by atoms with E-state index in [4.69, 9.17) is 0 Å². The molecule has 3 aromatic carbocycles. The van der Waals surface area contributed by atoms with Crippen molar-refractivity contribution in [2.45, 2.75) is 18.1 Å². The Morgan fingerprint density at radius 2 is 1.80 bits per heavy atom. The maximum atomic E-state index is 12.4. The molecule has 0 aliphatic carbocycles. The predicted octanol–water partition coefficient (Wildman–Crippen LogP) is 5.10. The molecule has 1 heterocycles. The van der Waals surface area contributed by atoms with E-state index in [0.717, 1.165) is 11.1 Å². The van der Waals surface area contributed by atoms with E-state index in [9.17, 15) is 4.79 Å². The van der Waals surface area contributed by atoms with Crippen LogP contribution in [0, 0.1) is 0 Å². The molecular formula is C24H22N4OS. The Hall–Kier alpha value is -3.38. The Kier molecular flexibility index (Phi) is 6.25. The molecule has 0 saturated heterocycles. The molecule has 1 unspecified atom stereocenters. The molecule has 0 bridgehead atoms. The summed E-state index contributed by atoms with van der Waals surface area (Å²) >= 11 is 1.31. The quantitative estimate of drug-likeness (QED) is 0.413. The van der Waals surface area contributed by atoms with E-state index in [0.29, 0.717) is 11.0 Å². The molecule has 1 aromatic heterocycles. The van der Waals surface area contributed by atoms with Crippen molar-refractivity contribution in [1.29, 1.82) is 0 Å². The zero-order chi connectivity index (χ0) is 20.8. The highest BCUT2D eigenvalue weighted by molar-refractivity contribution is 7.99. The number of nitrogens with zero attached hydrogens (tertiary/aromatic N) is 2. The molecule has 6 heteroatoms. The molecule has 4 rings (SSSR count). The summed E-state index contributed by atoms with van der Waals surface area (Å²) in [6.45, 7) is 1.99. The van der Waals surface area contributed by atoms with Crippen molar-refractivity contribution in [1.82, 2.24) is 20.5 Å². The standard InChI is InChI=1S/C24H22N4OS/c1-17(20-13-12-19-9-5-6-10-21(19)15-20)25-23(29)16-30-24-26-22(27-28-24)14-11-18-7-3-2-4-8-18/h2-15,17H,16H2,1H3,(H,25,29)(H,26,27,28)/b14-11+. The molecule has 0 fully saturated rings. The number of hydrogen-bond donors (Lipinski definition) is 2. The van der Waals surface area contributed by atoms with Gasteiger partial charge in [0, 0.05) is 0 Å². The second-order valence-corrected chi connectivity index (χ2v) is 7.87. The van der Waals surface area contributed by atoms with Crippen molar-refractivity contribution in [2.75, 3.05) is 5.75 Å². The minimum atomic E-state index is -0.0702. The van der Waals surface area contributed by atoms with Gasteiger partial charge < -0.3 is 5.32 Å². The first-order chi connectivity index (χ1) is 14.7. The van der Waals surface area contributed by atoms with Gasteiger partial charge in [-0.3, -0.25) is 9.89 Å². The summed E-state index contributed by atoms with van der Waals surface area (Å²) in [5.41, 5.74) is 2.17. The van der Waals surface area contributed by atoms with Crippen LogP contribution in [0.3, 0.4) is 0 Å². The van der Waals surface area contributed by atoms with Gasteiger partial charge in [-0.1, -0.05) is 84.6 Å². The number of fused-ring (bicyclic) bond motifs is 1. The van der Waals surface area contributed by atoms with Crippen LogP contribution in [0.25, 0.3) is 22.9 Å². The fraction of sp³-hybridized carbons (Fsp3) is 0.125. The molecule has 0 aliphatic rings. The van der Waals surface area contributed by atoms with Gasteiger partial charge in [0.2, 0.25) is 11.1 Å². The third-order valence-corrected chi connectivity index (χ3v) is 5.55. The zero-order valence-corrected chi connectivity index (χ0v) is 17.4. The van der Waals surface area contributed by atoms with Crippen LogP contribution in [0.15, 0.2) is 78.0 Å². The Balaban J connectivity index is 1.30. The molecule has 30 heavy (non-hydrogen) atoms. The lowest BCUT2D eigenvalue weighted by molar-refractivity contribution is -0.119. The molecule has 150 valence electrons. The van der Waals surface area contributed by atoms with E-state index in [1.807, 2.05) is 61.5 Å². The van der Waals surface area contributed by atoms with Crippen molar-refractivity contribution in [3.8, 4) is 0 Å². The Bertz CT molecular complexity index is 1170. The van der Waals surface area contributed by atoms with E-state index >= 15 is 0 Å². The first-order valence-electron chi connectivity index (χ1n) is 9.74. The number of carbonyl (C=O) groups excluding carboxylic acids is 1. The van der Waals surface area contributed by atoms with Crippen LogP contribution in [-0.4, -0.2) is 26.8 Å². The van der Waals surface area contributed by atoms with E-state index in [1.54, 1.807) is 0 Å². The summed E-state index contributed by atoms with van der Waals surface area (Å²) in [4.78, 5) is 16.8. The number of amides is 1. The van der Waals surface area contributed by atoms with Gasteiger partial charge in [-0.2, -0.15) is 0 Å². The third kappa shape index (κ3) is 5.15. The zero-order valence-electron chi connectivity index (χ0n) is 16.6. The number of aromatic amines is 1. The maximum Gasteiger partial charge on any atom is 0.230 e. The van der Waals surface area contributed by atoms with Crippen LogP contribution in [-0.2, 0) is 4.79 Å². The van der Waals surface area contributed by atoms with E-state index < -0.39 is 0 Å². The summed E-state index contributed by atoms with van der Waals surface area (Å²) in [7, 11) is 0. The second kappa shape index (κ2) is 9.41. The lowest BCUT2D eigenvalue weighted by atomic mass is 10.0. The third-order valence-electron chi connectivity index (χ3n) is 4.70. The molecule has 0 radical (unpaired) electrons. The van der Waals surface area contributed by atoms with Gasteiger partial charge in [0.1, 0.15) is 5.82 Å². The van der Waals surface area contributed by atoms with Crippen LogP contribution in [0.5, 0.6) is 0 Å². The summed E-state index contributed by atoms with van der Waals surface area (Å²) in [5, 5.41) is 13.0. The number of hydrogen-bond acceptors (Lipinski definition) is 4. The van der Waals surface area contributed by atoms with Crippen LogP contribution in [0.2, 0.25) is 0 Å². The van der Waals surface area contributed by atoms with E-state index in [2.05, 4.69) is 50.8 Å². The minimum Gasteiger partial charge on any atom is -0.349 e. The average molecular weight is 415 g/mol. The van der Waals surface area contributed by atoms with Crippen LogP contribution in [0.1, 0.15) is 29.9 Å². The lowest BCUT2D eigenvalue weighted by Gasteiger charge is -2.14. The number of rotatable bonds is 7. The van der Waals surface area contributed by atoms with Crippen molar-refractivity contribution < 1.29 is 4.79 Å². The van der Waals surface area contributed by atoms with E-state index in [1.165, 1.54) is 22.5 Å². The highest BCUT2D eigenvalue weighted by Crippen LogP contribution is 2.21. The van der Waals surface area contributed by atoms with Crippen molar-refractivity contribution in [3.05, 3.63) is 89.7 Å². The second-order valence-electron chi connectivity index (χ2n) is 6.93. The number of aromatic nitrogens is 3. The monoisotopic (exact) mass is 414 g/mol. The Morgan fingerprint density at radius 3 is 2.63 bits per heavy atom. The molecule has 0 spiro atoms. The normalized spacial score (nSPS) is 12.3. The van der Waals surface area contributed by atoms with Gasteiger partial charge in [0.05, 0.1) is 11.8 Å². The minimum absolute atomic E-state index is 0.0492. The number of thioether (sulfide) groups is 1. The summed E-state index contributed by atoms with van der Waals surface area (Å²) in [6.07, 6.45) is 3.83. The molecule has 4 aromatic rings. The first kappa shape index (κ1) is 19.9. The molecule has 5 nitrogen and oxygen atoms in total. The number of benzene rings is 3. The van der Waals surface area contributed by atoms with Crippen molar-refractivity contribution >= 4 is 40.6 Å². The maximum absolute atomic E-state index is 12.4. The first-order valence-corrected chi connectivity index (χ1v) is 10.7. The average Bonchev–Trinajstić information content (AvgIpc) is 3.24.